The van der Waals surface area contributed by atoms with Crippen LogP contribution in [0.4, 0.5) is 0 Å². The van der Waals surface area contributed by atoms with Gasteiger partial charge in [-0.2, -0.15) is 0 Å². The topological polar surface area (TPSA) is 79.0 Å². The van der Waals surface area contributed by atoms with Gasteiger partial charge < -0.3 is 10.3 Å². The number of pyridine rings is 1. The Morgan fingerprint density at radius 3 is 2.58 bits per heavy atom. The average molecular weight is 255 g/mol. The van der Waals surface area contributed by atoms with E-state index < -0.39 is 17.4 Å². The van der Waals surface area contributed by atoms with Crippen LogP contribution in [0.15, 0.2) is 53.6 Å². The molecule has 19 heavy (non-hydrogen) atoms. The molecule has 95 valence electrons. The molecule has 5 heteroatoms. The van der Waals surface area contributed by atoms with E-state index in [0.29, 0.717) is 5.56 Å². The Labute approximate surface area is 109 Å². The van der Waals surface area contributed by atoms with E-state index in [1.807, 2.05) is 0 Å². The molecule has 1 aromatic heterocycles. The highest BCUT2D eigenvalue weighted by atomic mass is 16.2. The number of aromatic nitrogens is 1. The van der Waals surface area contributed by atoms with Gasteiger partial charge in [0.1, 0.15) is 11.6 Å². The van der Waals surface area contributed by atoms with Crippen molar-refractivity contribution in [3.63, 3.8) is 0 Å². The van der Waals surface area contributed by atoms with Gasteiger partial charge >= 0.3 is 0 Å². The van der Waals surface area contributed by atoms with Gasteiger partial charge in [0.25, 0.3) is 5.91 Å². The van der Waals surface area contributed by atoms with Gasteiger partial charge in [0, 0.05) is 18.5 Å². The minimum atomic E-state index is -0.895. The van der Waals surface area contributed by atoms with Crippen LogP contribution in [0.3, 0.4) is 0 Å². The van der Waals surface area contributed by atoms with Gasteiger partial charge in [0.2, 0.25) is 6.29 Å². The van der Waals surface area contributed by atoms with Crippen LogP contribution >= 0.6 is 0 Å². The molecule has 1 atom stereocenters. The maximum atomic E-state index is 11.9. The van der Waals surface area contributed by atoms with Crippen molar-refractivity contribution in [1.82, 2.24) is 10.3 Å². The number of amides is 1. The molecule has 1 amide bonds. The number of benzene rings is 1. The zero-order chi connectivity index (χ0) is 13.7. The monoisotopic (exact) mass is 255 g/mol. The van der Waals surface area contributed by atoms with Crippen molar-refractivity contribution >= 4 is 12.2 Å². The van der Waals surface area contributed by atoms with Crippen molar-refractivity contribution in [1.29, 1.82) is 0 Å². The summed E-state index contributed by atoms with van der Waals surface area (Å²) in [4.78, 5) is 37.0. The number of aromatic amines is 1. The molecule has 1 radical (unpaired) electrons. The van der Waals surface area contributed by atoms with E-state index in [2.05, 4.69) is 10.3 Å². The van der Waals surface area contributed by atoms with Crippen molar-refractivity contribution in [3.8, 4) is 0 Å². The number of hydrogen-bond acceptors (Lipinski definition) is 3. The Hall–Kier alpha value is -2.69. The van der Waals surface area contributed by atoms with E-state index in [1.165, 1.54) is 18.5 Å². The molecular formula is C14H11N2O3. The molecule has 0 aliphatic rings. The van der Waals surface area contributed by atoms with E-state index >= 15 is 0 Å². The Kier molecular flexibility index (Phi) is 3.87. The first-order valence-corrected chi connectivity index (χ1v) is 5.63. The second-order valence-electron chi connectivity index (χ2n) is 3.86. The SMILES string of the molecule is O=[C]C(NC(=O)c1c[nH]ccc1=O)c1ccccc1. The highest BCUT2D eigenvalue weighted by Crippen LogP contribution is 2.10. The average Bonchev–Trinajstić information content (AvgIpc) is 2.46. The molecule has 1 heterocycles. The highest BCUT2D eigenvalue weighted by molar-refractivity contribution is 5.95. The van der Waals surface area contributed by atoms with Gasteiger partial charge in [-0.25, -0.2) is 0 Å². The summed E-state index contributed by atoms with van der Waals surface area (Å²) >= 11 is 0. The lowest BCUT2D eigenvalue weighted by molar-refractivity contribution is 0.0944. The molecule has 2 rings (SSSR count). The Bertz CT molecular complexity index is 634. The third-order valence-electron chi connectivity index (χ3n) is 2.59. The standard InChI is InChI=1S/C14H11N2O3/c17-9-12(10-4-2-1-3-5-10)16-14(19)11-8-15-7-6-13(11)18/h1-8,12H,(H,15,18)(H,16,19). The quantitative estimate of drug-likeness (QED) is 0.853. The molecule has 0 bridgehead atoms. The fourth-order valence-corrected chi connectivity index (χ4v) is 1.63. The molecule has 0 spiro atoms. The van der Waals surface area contributed by atoms with E-state index in [4.69, 9.17) is 0 Å². The molecule has 2 N–H and O–H groups in total. The van der Waals surface area contributed by atoms with Crippen LogP contribution in [0.2, 0.25) is 0 Å². The predicted molar refractivity (Wildman–Crippen MR) is 69.4 cm³/mol. The van der Waals surface area contributed by atoms with Gasteiger partial charge in [-0.3, -0.25) is 14.4 Å². The number of H-pyrrole nitrogens is 1. The molecule has 0 aliphatic heterocycles. The summed E-state index contributed by atoms with van der Waals surface area (Å²) in [6.07, 6.45) is 4.47. The zero-order valence-electron chi connectivity index (χ0n) is 9.92. The number of nitrogens with one attached hydrogen (secondary N) is 2. The van der Waals surface area contributed by atoms with Gasteiger partial charge in [-0.05, 0) is 5.56 Å². The normalized spacial score (nSPS) is 11.6. The minimum absolute atomic E-state index is 0.0429. The minimum Gasteiger partial charge on any atom is -0.367 e. The first kappa shape index (κ1) is 12.8. The van der Waals surface area contributed by atoms with Crippen LogP contribution in [0.5, 0.6) is 0 Å². The molecule has 5 nitrogen and oxygen atoms in total. The maximum Gasteiger partial charge on any atom is 0.257 e. The smallest absolute Gasteiger partial charge is 0.257 e. The summed E-state index contributed by atoms with van der Waals surface area (Å²) in [6.45, 7) is 0. The summed E-state index contributed by atoms with van der Waals surface area (Å²) in [5.41, 5.74) is 0.158. The van der Waals surface area contributed by atoms with Gasteiger partial charge in [-0.1, -0.05) is 30.3 Å². The second-order valence-corrected chi connectivity index (χ2v) is 3.86. The van der Waals surface area contributed by atoms with Crippen molar-refractivity contribution in [3.05, 3.63) is 70.1 Å². The molecule has 2 aromatic rings. The molecule has 0 saturated carbocycles. The lowest BCUT2D eigenvalue weighted by atomic mass is 10.1. The van der Waals surface area contributed by atoms with E-state index in [1.54, 1.807) is 36.6 Å². The summed E-state index contributed by atoms with van der Waals surface area (Å²) in [7, 11) is 0. The fourth-order valence-electron chi connectivity index (χ4n) is 1.63. The fraction of sp³-hybridized carbons (Fsp3) is 0.0714. The van der Waals surface area contributed by atoms with E-state index in [-0.39, 0.29) is 5.56 Å². The van der Waals surface area contributed by atoms with Crippen LogP contribution < -0.4 is 10.7 Å². The van der Waals surface area contributed by atoms with E-state index in [0.717, 1.165) is 0 Å². The molecular weight excluding hydrogens is 244 g/mol. The van der Waals surface area contributed by atoms with Gasteiger partial charge in [-0.15, -0.1) is 0 Å². The Balaban J connectivity index is 2.20. The summed E-state index contributed by atoms with van der Waals surface area (Å²) in [5, 5.41) is 2.46. The Morgan fingerprint density at radius 2 is 1.95 bits per heavy atom. The van der Waals surface area contributed by atoms with Crippen LogP contribution in [-0.4, -0.2) is 17.2 Å². The molecule has 0 fully saturated rings. The number of rotatable bonds is 4. The van der Waals surface area contributed by atoms with Crippen molar-refractivity contribution in [2.24, 2.45) is 0 Å². The lowest BCUT2D eigenvalue weighted by Crippen LogP contribution is -2.32. The zero-order valence-corrected chi connectivity index (χ0v) is 9.92. The molecule has 1 aromatic carbocycles. The lowest BCUT2D eigenvalue weighted by Gasteiger charge is -2.11. The van der Waals surface area contributed by atoms with Crippen LogP contribution in [0.25, 0.3) is 0 Å². The first-order valence-electron chi connectivity index (χ1n) is 5.63. The van der Waals surface area contributed by atoms with Crippen molar-refractivity contribution in [2.75, 3.05) is 0 Å². The van der Waals surface area contributed by atoms with Gasteiger partial charge in [0.05, 0.1) is 0 Å². The number of hydrogen-bond donors (Lipinski definition) is 2. The Morgan fingerprint density at radius 1 is 1.21 bits per heavy atom. The number of carbonyl (C=O) groups excluding carboxylic acids is 2. The second kappa shape index (κ2) is 5.77. The van der Waals surface area contributed by atoms with E-state index in [9.17, 15) is 14.4 Å². The summed E-state index contributed by atoms with van der Waals surface area (Å²) < 4.78 is 0. The first-order chi connectivity index (χ1) is 9.22. The van der Waals surface area contributed by atoms with Crippen LogP contribution in [0, 0.1) is 0 Å². The summed E-state index contributed by atoms with van der Waals surface area (Å²) in [5.74, 6) is -0.612. The molecule has 1 unspecified atom stereocenters. The van der Waals surface area contributed by atoms with Crippen LogP contribution in [0.1, 0.15) is 22.0 Å². The molecule has 0 aliphatic carbocycles. The third kappa shape index (κ3) is 2.95. The highest BCUT2D eigenvalue weighted by Gasteiger charge is 2.17. The van der Waals surface area contributed by atoms with Crippen molar-refractivity contribution < 1.29 is 9.59 Å². The largest absolute Gasteiger partial charge is 0.367 e. The predicted octanol–water partition coefficient (Wildman–Crippen LogP) is 0.956. The number of carbonyl (C=O) groups is 1. The maximum absolute atomic E-state index is 11.9. The van der Waals surface area contributed by atoms with Crippen LogP contribution in [-0.2, 0) is 4.79 Å². The summed E-state index contributed by atoms with van der Waals surface area (Å²) in [6, 6.07) is 9.05. The van der Waals surface area contributed by atoms with Crippen molar-refractivity contribution in [2.45, 2.75) is 6.04 Å². The molecule has 0 saturated heterocycles. The third-order valence-corrected chi connectivity index (χ3v) is 2.59. The van der Waals surface area contributed by atoms with Gasteiger partial charge in [0.15, 0.2) is 5.43 Å².